The molecule has 4 rings (SSSR count). The zero-order valence-corrected chi connectivity index (χ0v) is 16.4. The van der Waals surface area contributed by atoms with Gasteiger partial charge in [0.15, 0.2) is 0 Å². The van der Waals surface area contributed by atoms with Gasteiger partial charge in [0.1, 0.15) is 13.1 Å². The van der Waals surface area contributed by atoms with Crippen LogP contribution in [0, 0.1) is 0 Å². The summed E-state index contributed by atoms with van der Waals surface area (Å²) in [6.45, 7) is 5.49. The zero-order chi connectivity index (χ0) is 20.1. The molecule has 0 radical (unpaired) electrons. The van der Waals surface area contributed by atoms with Gasteiger partial charge in [0, 0.05) is 24.7 Å². The molecule has 0 aliphatic carbocycles. The van der Waals surface area contributed by atoms with Crippen LogP contribution < -0.4 is 9.80 Å². The number of fused-ring (bicyclic) bond motifs is 1. The summed E-state index contributed by atoms with van der Waals surface area (Å²) in [5.41, 5.74) is 1.88. The smallest absolute Gasteiger partial charge is 0.265 e. The maximum atomic E-state index is 13.2. The second kappa shape index (κ2) is 9.11. The van der Waals surface area contributed by atoms with Gasteiger partial charge in [-0.15, -0.1) is 0 Å². The van der Waals surface area contributed by atoms with Gasteiger partial charge < -0.3 is 9.64 Å². The Morgan fingerprint density at radius 3 is 2.55 bits per heavy atom. The van der Waals surface area contributed by atoms with E-state index >= 15 is 0 Å². The van der Waals surface area contributed by atoms with Gasteiger partial charge in [-0.25, -0.2) is 4.90 Å². The minimum atomic E-state index is -0.542. The molecule has 0 saturated carbocycles. The van der Waals surface area contributed by atoms with Gasteiger partial charge in [-0.3, -0.25) is 14.6 Å². The minimum absolute atomic E-state index is 0.248. The average molecular weight is 392 g/mol. The molecule has 29 heavy (non-hydrogen) atoms. The van der Waals surface area contributed by atoms with E-state index in [1.807, 2.05) is 36.4 Å². The van der Waals surface area contributed by atoms with E-state index in [0.29, 0.717) is 17.8 Å². The van der Waals surface area contributed by atoms with Crippen LogP contribution in [-0.2, 0) is 9.53 Å². The van der Waals surface area contributed by atoms with Crippen molar-refractivity contribution in [2.45, 2.75) is 12.3 Å². The number of imide groups is 1. The highest BCUT2D eigenvalue weighted by Crippen LogP contribution is 2.31. The summed E-state index contributed by atoms with van der Waals surface area (Å²) in [6.07, 6.45) is 2.69. The third-order valence-corrected chi connectivity index (χ3v) is 5.50. The first-order valence-corrected chi connectivity index (χ1v) is 10.2. The Morgan fingerprint density at radius 2 is 1.76 bits per heavy atom. The van der Waals surface area contributed by atoms with Crippen LogP contribution in [0.3, 0.4) is 0 Å². The topological polar surface area (TPSA) is 63.4 Å². The van der Waals surface area contributed by atoms with Gasteiger partial charge in [0.25, 0.3) is 5.91 Å². The van der Waals surface area contributed by atoms with Gasteiger partial charge in [-0.05, 0) is 23.8 Å². The molecule has 1 N–H and O–H groups in total. The van der Waals surface area contributed by atoms with Crippen LogP contribution in [0.25, 0.3) is 0 Å². The van der Waals surface area contributed by atoms with Crippen molar-refractivity contribution in [1.29, 1.82) is 0 Å². The molecule has 1 atom stereocenters. The number of anilines is 1. The molecule has 0 spiro atoms. The molecular formula is C23H26N3O3+. The number of amides is 2. The van der Waals surface area contributed by atoms with Crippen molar-refractivity contribution in [2.75, 3.05) is 44.3 Å². The fourth-order valence-corrected chi connectivity index (χ4v) is 3.93. The van der Waals surface area contributed by atoms with Gasteiger partial charge in [-0.2, -0.15) is 0 Å². The number of ether oxygens (including phenoxy) is 1. The summed E-state index contributed by atoms with van der Waals surface area (Å²) >= 11 is 0. The molecule has 1 fully saturated rings. The van der Waals surface area contributed by atoms with E-state index in [4.69, 9.17) is 4.74 Å². The number of quaternary nitrogens is 1. The van der Waals surface area contributed by atoms with Crippen LogP contribution in [0.1, 0.15) is 28.3 Å². The molecule has 2 heterocycles. The largest absolute Gasteiger partial charge is 0.370 e. The molecule has 0 unspecified atom stereocenters. The Kier molecular flexibility index (Phi) is 6.12. The third-order valence-electron chi connectivity index (χ3n) is 5.50. The Morgan fingerprint density at radius 1 is 1.03 bits per heavy atom. The van der Waals surface area contributed by atoms with Crippen molar-refractivity contribution in [2.24, 2.45) is 4.99 Å². The molecule has 2 aromatic carbocycles. The number of para-hydroxylation sites is 1. The monoisotopic (exact) mass is 392 g/mol. The van der Waals surface area contributed by atoms with Crippen LogP contribution in [-0.4, -0.2) is 57.4 Å². The average Bonchev–Trinajstić information content (AvgIpc) is 2.77. The molecule has 2 amide bonds. The molecule has 2 aliphatic rings. The van der Waals surface area contributed by atoms with E-state index < -0.39 is 5.92 Å². The summed E-state index contributed by atoms with van der Waals surface area (Å²) in [6, 6.07) is 16.4. The van der Waals surface area contributed by atoms with Crippen LogP contribution in [0.15, 0.2) is 59.6 Å². The van der Waals surface area contributed by atoms with Crippen LogP contribution in [0.2, 0.25) is 0 Å². The highest BCUT2D eigenvalue weighted by Gasteiger charge is 2.38. The summed E-state index contributed by atoms with van der Waals surface area (Å²) < 4.78 is 5.39. The van der Waals surface area contributed by atoms with Crippen molar-refractivity contribution < 1.29 is 19.2 Å². The molecule has 2 aromatic rings. The predicted molar refractivity (Wildman–Crippen MR) is 112 cm³/mol. The molecule has 2 aliphatic heterocycles. The number of aliphatic imine (C=N–C) groups is 1. The maximum Gasteiger partial charge on any atom is 0.265 e. The standard InChI is InChI=1S/C23H25N3O3/c27-22-20-10-5-4-9-19(20)21(23(28)26(22)18-7-2-1-3-8-18)17-24-11-6-12-25-13-15-29-16-14-25/h1-5,7-10,17,21H,6,11-16H2/p+1/t21-/m1/s1. The lowest BCUT2D eigenvalue weighted by Gasteiger charge is -2.30. The van der Waals surface area contributed by atoms with Gasteiger partial charge in [0.05, 0.1) is 31.4 Å². The molecule has 150 valence electrons. The molecule has 6 nitrogen and oxygen atoms in total. The van der Waals surface area contributed by atoms with Gasteiger partial charge >= 0.3 is 0 Å². The van der Waals surface area contributed by atoms with Crippen LogP contribution in [0.4, 0.5) is 5.69 Å². The fraction of sp³-hybridized carbons (Fsp3) is 0.348. The Balaban J connectivity index is 1.49. The number of nitrogens with one attached hydrogen (secondary N) is 1. The quantitative estimate of drug-likeness (QED) is 0.458. The number of nitrogens with zero attached hydrogens (tertiary/aromatic N) is 2. The number of carbonyl (C=O) groups excluding carboxylic acids is 2. The van der Waals surface area contributed by atoms with E-state index in [-0.39, 0.29) is 11.8 Å². The number of benzene rings is 2. The second-order valence-electron chi connectivity index (χ2n) is 7.40. The van der Waals surface area contributed by atoms with Gasteiger partial charge in [0.2, 0.25) is 5.91 Å². The first-order chi connectivity index (χ1) is 14.3. The number of carbonyl (C=O) groups is 2. The van der Waals surface area contributed by atoms with Crippen molar-refractivity contribution in [3.8, 4) is 0 Å². The first kappa shape index (κ1) is 19.5. The number of hydrogen-bond acceptors (Lipinski definition) is 4. The lowest BCUT2D eigenvalue weighted by Crippen LogP contribution is -3.14. The number of morpholine rings is 1. The number of rotatable bonds is 6. The highest BCUT2D eigenvalue weighted by molar-refractivity contribution is 6.29. The SMILES string of the molecule is O=C1c2ccccc2[C@@H](C=NCCC[NH+]2CCOCC2)C(=O)N1c1ccccc1. The molecule has 0 bridgehead atoms. The van der Waals surface area contributed by atoms with E-state index in [2.05, 4.69) is 4.99 Å². The lowest BCUT2D eigenvalue weighted by molar-refractivity contribution is -0.908. The van der Waals surface area contributed by atoms with E-state index in [1.165, 1.54) is 4.90 Å². The van der Waals surface area contributed by atoms with Crippen molar-refractivity contribution in [3.63, 3.8) is 0 Å². The summed E-state index contributed by atoms with van der Waals surface area (Å²) in [5, 5.41) is 0. The Hall–Kier alpha value is -2.83. The molecular weight excluding hydrogens is 366 g/mol. The number of hydrogen-bond donors (Lipinski definition) is 1. The second-order valence-corrected chi connectivity index (χ2v) is 7.40. The highest BCUT2D eigenvalue weighted by atomic mass is 16.5. The van der Waals surface area contributed by atoms with Crippen molar-refractivity contribution in [1.82, 2.24) is 0 Å². The van der Waals surface area contributed by atoms with E-state index in [9.17, 15) is 9.59 Å². The molecule has 6 heteroatoms. The maximum absolute atomic E-state index is 13.2. The van der Waals surface area contributed by atoms with Crippen LogP contribution >= 0.6 is 0 Å². The van der Waals surface area contributed by atoms with E-state index in [1.54, 1.807) is 29.3 Å². The fourth-order valence-electron chi connectivity index (χ4n) is 3.93. The molecule has 1 saturated heterocycles. The summed E-state index contributed by atoms with van der Waals surface area (Å²) in [7, 11) is 0. The minimum Gasteiger partial charge on any atom is -0.370 e. The first-order valence-electron chi connectivity index (χ1n) is 10.2. The third kappa shape index (κ3) is 4.28. The van der Waals surface area contributed by atoms with Gasteiger partial charge in [-0.1, -0.05) is 36.4 Å². The Bertz CT molecular complexity index is 891. The summed E-state index contributed by atoms with van der Waals surface area (Å²) in [5.74, 6) is -1.07. The normalized spacial score (nSPS) is 20.3. The molecule has 0 aromatic heterocycles. The zero-order valence-electron chi connectivity index (χ0n) is 16.4. The lowest BCUT2D eigenvalue weighted by atomic mass is 9.89. The van der Waals surface area contributed by atoms with E-state index in [0.717, 1.165) is 44.8 Å². The summed E-state index contributed by atoms with van der Waals surface area (Å²) in [4.78, 5) is 33.6. The van der Waals surface area contributed by atoms with Crippen molar-refractivity contribution in [3.05, 3.63) is 65.7 Å². The Labute approximate surface area is 170 Å². The van der Waals surface area contributed by atoms with Crippen LogP contribution in [0.5, 0.6) is 0 Å². The predicted octanol–water partition coefficient (Wildman–Crippen LogP) is 1.33. The van der Waals surface area contributed by atoms with Crippen molar-refractivity contribution >= 4 is 23.7 Å².